The molecule has 0 atom stereocenters. The Morgan fingerprint density at radius 1 is 1.15 bits per heavy atom. The molecule has 41 heavy (non-hydrogen) atoms. The van der Waals surface area contributed by atoms with Crippen LogP contribution >= 0.6 is 23.2 Å². The zero-order chi connectivity index (χ0) is 29.9. The van der Waals surface area contributed by atoms with Gasteiger partial charge in [-0.1, -0.05) is 29.3 Å². The first-order chi connectivity index (χ1) is 19.3. The van der Waals surface area contributed by atoms with Crippen molar-refractivity contribution in [2.24, 2.45) is 10.9 Å². The van der Waals surface area contributed by atoms with E-state index in [2.05, 4.69) is 25.9 Å². The van der Waals surface area contributed by atoms with Crippen molar-refractivity contribution in [3.63, 3.8) is 0 Å². The molecule has 1 aromatic carbocycles. The van der Waals surface area contributed by atoms with E-state index in [4.69, 9.17) is 27.9 Å². The van der Waals surface area contributed by atoms with Crippen molar-refractivity contribution in [2.75, 3.05) is 11.9 Å². The minimum Gasteiger partial charge on any atom is -0.471 e. The smallest absolute Gasteiger partial charge is 0.391 e. The van der Waals surface area contributed by atoms with Gasteiger partial charge in [-0.3, -0.25) is 9.59 Å². The topological polar surface area (TPSA) is 105 Å². The molecule has 0 saturated heterocycles. The molecule has 1 aromatic heterocycles. The second-order valence-electron chi connectivity index (χ2n) is 9.76. The first-order valence-electron chi connectivity index (χ1n) is 12.7. The zero-order valence-electron chi connectivity index (χ0n) is 21.7. The molecule has 1 aliphatic heterocycles. The molecular weight excluding hydrogens is 596 g/mol. The standard InChI is InChI=1S/C26H26Cl2F5N5O3/c1-12(39)34-10-13-2-7-18(27)22(21(13)28)36-20-9-14-8-17(25(38-23(14)37-20)41-11-19(29)30)24(40)35-16-5-3-15(4-6-16)26(31,32)33/h2,7-8,15-16,19H,3-6,9-11H2,1H3,(H,34,39)(H,35,40)(H,36,37,38). The first kappa shape index (κ1) is 30.8. The molecule has 0 unspecified atom stereocenters. The maximum absolute atomic E-state index is 13.1. The number of amidine groups is 1. The lowest BCUT2D eigenvalue weighted by atomic mass is 9.85. The van der Waals surface area contributed by atoms with Crippen LogP contribution < -0.4 is 20.7 Å². The van der Waals surface area contributed by atoms with E-state index < -0.39 is 37.1 Å². The van der Waals surface area contributed by atoms with Gasteiger partial charge in [0.05, 0.1) is 21.7 Å². The molecule has 1 aliphatic carbocycles. The number of anilines is 1. The summed E-state index contributed by atoms with van der Waals surface area (Å²) in [7, 11) is 0. The highest BCUT2D eigenvalue weighted by Crippen LogP contribution is 2.38. The van der Waals surface area contributed by atoms with Gasteiger partial charge in [0.2, 0.25) is 11.8 Å². The normalized spacial score (nSPS) is 18.5. The van der Waals surface area contributed by atoms with Crippen LogP contribution in [0.4, 0.5) is 33.5 Å². The number of aliphatic imine (C=N–C) groups is 1. The molecule has 1 saturated carbocycles. The fraction of sp³-hybridized carbons (Fsp3) is 0.462. The lowest BCUT2D eigenvalue weighted by Gasteiger charge is -2.30. The molecule has 2 aliphatic rings. The number of carbonyl (C=O) groups is 2. The summed E-state index contributed by atoms with van der Waals surface area (Å²) in [5.74, 6) is -2.26. The Balaban J connectivity index is 1.52. The van der Waals surface area contributed by atoms with Crippen molar-refractivity contribution in [3.05, 3.63) is 44.9 Å². The summed E-state index contributed by atoms with van der Waals surface area (Å²) in [5.41, 5.74) is 1.26. The van der Waals surface area contributed by atoms with Gasteiger partial charge in [0, 0.05) is 31.5 Å². The lowest BCUT2D eigenvalue weighted by molar-refractivity contribution is -0.182. The number of benzene rings is 1. The highest BCUT2D eigenvalue weighted by atomic mass is 35.5. The molecule has 4 rings (SSSR count). The Hall–Kier alpha value is -3.19. The van der Waals surface area contributed by atoms with E-state index in [-0.39, 0.29) is 71.9 Å². The molecule has 2 aromatic rings. The average molecular weight is 622 g/mol. The predicted molar refractivity (Wildman–Crippen MR) is 143 cm³/mol. The Kier molecular flexibility index (Phi) is 9.58. The van der Waals surface area contributed by atoms with Gasteiger partial charge in [0.15, 0.2) is 12.4 Å². The third kappa shape index (κ3) is 7.76. The summed E-state index contributed by atoms with van der Waals surface area (Å²) in [6.45, 7) is 0.506. The molecule has 1 fully saturated rings. The third-order valence-corrected chi connectivity index (χ3v) is 7.47. The van der Waals surface area contributed by atoms with Crippen LogP contribution in [-0.2, 0) is 17.8 Å². The Bertz CT molecular complexity index is 1350. The molecule has 0 radical (unpaired) electrons. The number of alkyl halides is 5. The molecule has 0 spiro atoms. The minimum absolute atomic E-state index is 0.119. The van der Waals surface area contributed by atoms with Gasteiger partial charge >= 0.3 is 6.18 Å². The number of nitrogens with zero attached hydrogens (tertiary/aromatic N) is 2. The summed E-state index contributed by atoms with van der Waals surface area (Å²) in [6, 6.07) is 4.15. The van der Waals surface area contributed by atoms with Gasteiger partial charge in [-0.2, -0.15) is 18.2 Å². The van der Waals surface area contributed by atoms with Gasteiger partial charge in [-0.25, -0.2) is 13.8 Å². The highest BCUT2D eigenvalue weighted by molar-refractivity contribution is 6.40. The van der Waals surface area contributed by atoms with Crippen LogP contribution in [0.15, 0.2) is 23.2 Å². The zero-order valence-corrected chi connectivity index (χ0v) is 23.2. The maximum atomic E-state index is 13.1. The lowest BCUT2D eigenvalue weighted by Crippen LogP contribution is -2.40. The summed E-state index contributed by atoms with van der Waals surface area (Å²) in [6.07, 6.45) is -6.97. The monoisotopic (exact) mass is 621 g/mol. The number of amides is 2. The van der Waals surface area contributed by atoms with Crippen molar-refractivity contribution in [3.8, 4) is 5.88 Å². The largest absolute Gasteiger partial charge is 0.471 e. The molecular formula is C26H26Cl2F5N5O3. The second-order valence-corrected chi connectivity index (χ2v) is 10.5. The molecule has 0 bridgehead atoms. The number of nitrogens with one attached hydrogen (secondary N) is 3. The fourth-order valence-corrected chi connectivity index (χ4v) is 5.16. The SMILES string of the molecule is CC(=O)NCc1ccc(Cl)c(NC2=Nc3nc(OCC(F)F)c(C(=O)NC4CCC(C(F)(F)F)CC4)cc3C2)c1Cl. The number of pyridine rings is 1. The van der Waals surface area contributed by atoms with Crippen molar-refractivity contribution in [1.29, 1.82) is 0 Å². The van der Waals surface area contributed by atoms with Crippen LogP contribution in [0.3, 0.4) is 0 Å². The van der Waals surface area contributed by atoms with E-state index in [1.807, 2.05) is 0 Å². The third-order valence-electron chi connectivity index (χ3n) is 6.73. The number of aromatic nitrogens is 1. The number of rotatable bonds is 8. The summed E-state index contributed by atoms with van der Waals surface area (Å²) >= 11 is 12.8. The number of fused-ring (bicyclic) bond motifs is 1. The van der Waals surface area contributed by atoms with Crippen molar-refractivity contribution in [1.82, 2.24) is 15.6 Å². The first-order valence-corrected chi connectivity index (χ1v) is 13.5. The van der Waals surface area contributed by atoms with Crippen LogP contribution in [0, 0.1) is 5.92 Å². The van der Waals surface area contributed by atoms with E-state index in [1.54, 1.807) is 12.1 Å². The molecule has 3 N–H and O–H groups in total. The van der Waals surface area contributed by atoms with Crippen LogP contribution in [0.5, 0.6) is 5.88 Å². The average Bonchev–Trinajstić information content (AvgIpc) is 3.29. The summed E-state index contributed by atoms with van der Waals surface area (Å²) in [5, 5.41) is 8.89. The molecule has 8 nitrogen and oxygen atoms in total. The van der Waals surface area contributed by atoms with E-state index in [0.29, 0.717) is 22.6 Å². The summed E-state index contributed by atoms with van der Waals surface area (Å²) in [4.78, 5) is 32.9. The Labute approximate surface area is 242 Å². The molecule has 15 heteroatoms. The van der Waals surface area contributed by atoms with Crippen LogP contribution in [0.1, 0.15) is 54.1 Å². The number of ether oxygens (including phenoxy) is 1. The van der Waals surface area contributed by atoms with Crippen LogP contribution in [0.2, 0.25) is 10.0 Å². The van der Waals surface area contributed by atoms with Gasteiger partial charge in [-0.05, 0) is 43.4 Å². The Morgan fingerprint density at radius 2 is 1.85 bits per heavy atom. The van der Waals surface area contributed by atoms with Crippen LogP contribution in [-0.4, -0.2) is 47.9 Å². The van der Waals surface area contributed by atoms with E-state index in [9.17, 15) is 31.5 Å². The van der Waals surface area contributed by atoms with Crippen molar-refractivity contribution >= 4 is 52.4 Å². The number of halogens is 7. The van der Waals surface area contributed by atoms with Crippen LogP contribution in [0.25, 0.3) is 0 Å². The molecule has 2 amide bonds. The van der Waals surface area contributed by atoms with Crippen molar-refractivity contribution in [2.45, 2.75) is 64.2 Å². The van der Waals surface area contributed by atoms with E-state index >= 15 is 0 Å². The van der Waals surface area contributed by atoms with Gasteiger partial charge in [0.1, 0.15) is 11.4 Å². The second kappa shape index (κ2) is 12.8. The highest BCUT2D eigenvalue weighted by Gasteiger charge is 2.41. The van der Waals surface area contributed by atoms with E-state index in [0.717, 1.165) is 0 Å². The predicted octanol–water partition coefficient (Wildman–Crippen LogP) is 6.22. The maximum Gasteiger partial charge on any atom is 0.391 e. The van der Waals surface area contributed by atoms with Gasteiger partial charge < -0.3 is 20.7 Å². The minimum atomic E-state index is -4.29. The van der Waals surface area contributed by atoms with Gasteiger partial charge in [0.25, 0.3) is 12.3 Å². The van der Waals surface area contributed by atoms with E-state index in [1.165, 1.54) is 13.0 Å². The Morgan fingerprint density at radius 3 is 2.49 bits per heavy atom. The number of hydrogen-bond acceptors (Lipinski definition) is 6. The number of carbonyl (C=O) groups excluding carboxylic acids is 2. The van der Waals surface area contributed by atoms with Gasteiger partial charge in [-0.15, -0.1) is 0 Å². The summed E-state index contributed by atoms with van der Waals surface area (Å²) < 4.78 is 70.0. The van der Waals surface area contributed by atoms with Crippen molar-refractivity contribution < 1.29 is 36.3 Å². The fourth-order valence-electron chi connectivity index (χ4n) is 4.63. The molecule has 2 heterocycles. The quantitative estimate of drug-likeness (QED) is 0.304. The number of hydrogen-bond donors (Lipinski definition) is 3. The molecule has 222 valence electrons.